The first-order chi connectivity index (χ1) is 7.36. The number of sulfone groups is 1. The Labute approximate surface area is 94.8 Å². The molecule has 2 N–H and O–H groups in total. The third-order valence-electron chi connectivity index (χ3n) is 2.22. The third-order valence-corrected chi connectivity index (χ3v) is 3.33. The summed E-state index contributed by atoms with van der Waals surface area (Å²) in [6, 6.07) is 3.86. The molecule has 0 saturated heterocycles. The van der Waals surface area contributed by atoms with Crippen molar-refractivity contribution in [2.75, 3.05) is 31.3 Å². The van der Waals surface area contributed by atoms with Crippen LogP contribution in [0.2, 0.25) is 0 Å². The van der Waals surface area contributed by atoms with Crippen LogP contribution in [0.3, 0.4) is 0 Å². The zero-order valence-electron chi connectivity index (χ0n) is 9.27. The van der Waals surface area contributed by atoms with Gasteiger partial charge in [-0.25, -0.2) is 12.8 Å². The molecule has 0 aliphatic carbocycles. The average molecular weight is 246 g/mol. The highest BCUT2D eigenvalue weighted by Gasteiger charge is 2.12. The number of rotatable bonds is 4. The molecule has 0 bridgehead atoms. The highest BCUT2D eigenvalue weighted by atomic mass is 32.2. The molecule has 16 heavy (non-hydrogen) atoms. The highest BCUT2D eigenvalue weighted by molar-refractivity contribution is 7.90. The molecule has 0 spiro atoms. The molecule has 4 nitrogen and oxygen atoms in total. The van der Waals surface area contributed by atoms with E-state index in [0.717, 1.165) is 12.3 Å². The summed E-state index contributed by atoms with van der Waals surface area (Å²) in [5.74, 6) is -0.557. The van der Waals surface area contributed by atoms with Gasteiger partial charge in [-0.05, 0) is 18.2 Å². The first kappa shape index (κ1) is 12.9. The average Bonchev–Trinajstić information content (AvgIpc) is 2.16. The fourth-order valence-corrected chi connectivity index (χ4v) is 1.97. The van der Waals surface area contributed by atoms with Crippen molar-refractivity contribution in [3.8, 4) is 0 Å². The van der Waals surface area contributed by atoms with E-state index in [1.54, 1.807) is 11.9 Å². The fraction of sp³-hybridized carbons (Fsp3) is 0.400. The summed E-state index contributed by atoms with van der Waals surface area (Å²) in [4.78, 5) is 1.62. The minimum Gasteiger partial charge on any atom is -0.371 e. The summed E-state index contributed by atoms with van der Waals surface area (Å²) in [5, 5.41) is 0. The van der Waals surface area contributed by atoms with Gasteiger partial charge >= 0.3 is 0 Å². The predicted molar refractivity (Wildman–Crippen MR) is 61.8 cm³/mol. The van der Waals surface area contributed by atoms with E-state index in [2.05, 4.69) is 0 Å². The zero-order chi connectivity index (χ0) is 12.3. The van der Waals surface area contributed by atoms with Gasteiger partial charge in [0, 0.05) is 26.4 Å². The molecule has 0 amide bonds. The van der Waals surface area contributed by atoms with Gasteiger partial charge in [0.05, 0.1) is 10.6 Å². The number of anilines is 1. The largest absolute Gasteiger partial charge is 0.371 e. The van der Waals surface area contributed by atoms with Gasteiger partial charge in [0.1, 0.15) is 5.82 Å². The summed E-state index contributed by atoms with van der Waals surface area (Å²) in [5.41, 5.74) is 5.70. The lowest BCUT2D eigenvalue weighted by Crippen LogP contribution is -2.25. The van der Waals surface area contributed by atoms with E-state index in [4.69, 9.17) is 5.73 Å². The molecule has 0 aliphatic heterocycles. The molecule has 0 radical (unpaired) electrons. The Morgan fingerprint density at radius 3 is 2.50 bits per heavy atom. The number of hydrogen-bond acceptors (Lipinski definition) is 4. The first-order valence-corrected chi connectivity index (χ1v) is 6.66. The van der Waals surface area contributed by atoms with Crippen molar-refractivity contribution in [2.24, 2.45) is 5.73 Å². The molecule has 0 saturated carbocycles. The van der Waals surface area contributed by atoms with E-state index >= 15 is 0 Å². The molecule has 0 aliphatic rings. The Bertz CT molecular complexity index is 474. The van der Waals surface area contributed by atoms with Crippen LogP contribution in [0.25, 0.3) is 0 Å². The van der Waals surface area contributed by atoms with Gasteiger partial charge in [-0.15, -0.1) is 0 Å². The predicted octanol–water partition coefficient (Wildman–Crippen LogP) is 0.624. The minimum absolute atomic E-state index is 0.0186. The maximum atomic E-state index is 13.6. The number of hydrogen-bond donors (Lipinski definition) is 1. The zero-order valence-corrected chi connectivity index (χ0v) is 10.1. The van der Waals surface area contributed by atoms with Gasteiger partial charge < -0.3 is 10.6 Å². The summed E-state index contributed by atoms with van der Waals surface area (Å²) in [6.07, 6.45) is 1.05. The van der Waals surface area contributed by atoms with Crippen LogP contribution in [-0.2, 0) is 9.84 Å². The van der Waals surface area contributed by atoms with Crippen molar-refractivity contribution in [3.05, 3.63) is 24.0 Å². The molecule has 6 heteroatoms. The molecule has 0 unspecified atom stereocenters. The van der Waals surface area contributed by atoms with Crippen LogP contribution >= 0.6 is 0 Å². The molecule has 90 valence electrons. The van der Waals surface area contributed by atoms with Crippen LogP contribution in [-0.4, -0.2) is 34.8 Å². The van der Waals surface area contributed by atoms with E-state index in [-0.39, 0.29) is 4.90 Å². The first-order valence-electron chi connectivity index (χ1n) is 4.77. The number of halogens is 1. The van der Waals surface area contributed by atoms with Crippen LogP contribution in [0.4, 0.5) is 10.1 Å². The van der Waals surface area contributed by atoms with Crippen LogP contribution in [0.5, 0.6) is 0 Å². The number of nitrogens with zero attached hydrogens (tertiary/aromatic N) is 1. The second-order valence-electron chi connectivity index (χ2n) is 3.60. The van der Waals surface area contributed by atoms with Gasteiger partial charge in [-0.1, -0.05) is 0 Å². The van der Waals surface area contributed by atoms with Crippen molar-refractivity contribution in [3.63, 3.8) is 0 Å². The minimum atomic E-state index is -3.36. The normalized spacial score (nSPS) is 11.5. The van der Waals surface area contributed by atoms with Crippen molar-refractivity contribution < 1.29 is 12.8 Å². The SMILES string of the molecule is CN(CCN)c1ccc(S(C)(=O)=O)cc1F. The van der Waals surface area contributed by atoms with Crippen LogP contribution in [0.1, 0.15) is 0 Å². The van der Waals surface area contributed by atoms with Gasteiger partial charge in [-0.3, -0.25) is 0 Å². The smallest absolute Gasteiger partial charge is 0.175 e. The van der Waals surface area contributed by atoms with Gasteiger partial charge in [0.25, 0.3) is 0 Å². The Morgan fingerprint density at radius 2 is 2.06 bits per heavy atom. The topological polar surface area (TPSA) is 63.4 Å². The maximum absolute atomic E-state index is 13.6. The second-order valence-corrected chi connectivity index (χ2v) is 5.61. The van der Waals surface area contributed by atoms with Crippen molar-refractivity contribution in [2.45, 2.75) is 4.90 Å². The summed E-state index contributed by atoms with van der Waals surface area (Å²) in [7, 11) is -1.66. The Balaban J connectivity index is 3.10. The van der Waals surface area contributed by atoms with Crippen LogP contribution < -0.4 is 10.6 Å². The van der Waals surface area contributed by atoms with Crippen molar-refractivity contribution >= 4 is 15.5 Å². The van der Waals surface area contributed by atoms with E-state index in [9.17, 15) is 12.8 Å². The van der Waals surface area contributed by atoms with E-state index in [0.29, 0.717) is 18.8 Å². The molecule has 0 aromatic heterocycles. The molecule has 1 aromatic rings. The molecule has 1 rings (SSSR count). The van der Waals surface area contributed by atoms with E-state index < -0.39 is 15.7 Å². The monoisotopic (exact) mass is 246 g/mol. The molecule has 0 fully saturated rings. The molecule has 0 atom stereocenters. The molecular weight excluding hydrogens is 231 g/mol. The summed E-state index contributed by atoms with van der Waals surface area (Å²) in [6.45, 7) is 0.916. The number of nitrogens with two attached hydrogens (primary N) is 1. The lowest BCUT2D eigenvalue weighted by molar-refractivity contribution is 0.595. The standard InChI is InChI=1S/C10H15FN2O2S/c1-13(6-5-12)10-4-3-8(7-9(10)11)16(2,14)15/h3-4,7H,5-6,12H2,1-2H3. The Hall–Kier alpha value is -1.14. The van der Waals surface area contributed by atoms with Gasteiger partial charge in [0.2, 0.25) is 0 Å². The van der Waals surface area contributed by atoms with Crippen molar-refractivity contribution in [1.82, 2.24) is 0 Å². The lowest BCUT2D eigenvalue weighted by Gasteiger charge is -2.19. The quantitative estimate of drug-likeness (QED) is 0.846. The molecule has 0 heterocycles. The molecule has 1 aromatic carbocycles. The summed E-state index contributed by atoms with van der Waals surface area (Å²) < 4.78 is 36.0. The number of likely N-dealkylation sites (N-methyl/N-ethyl adjacent to an activating group) is 1. The Kier molecular flexibility index (Phi) is 3.88. The summed E-state index contributed by atoms with van der Waals surface area (Å²) >= 11 is 0. The highest BCUT2D eigenvalue weighted by Crippen LogP contribution is 2.21. The van der Waals surface area contributed by atoms with Crippen LogP contribution in [0, 0.1) is 5.82 Å². The van der Waals surface area contributed by atoms with Gasteiger partial charge in [0.15, 0.2) is 9.84 Å². The number of benzene rings is 1. The second kappa shape index (κ2) is 4.80. The van der Waals surface area contributed by atoms with Gasteiger partial charge in [-0.2, -0.15) is 0 Å². The fourth-order valence-electron chi connectivity index (χ4n) is 1.34. The maximum Gasteiger partial charge on any atom is 0.175 e. The van der Waals surface area contributed by atoms with Crippen molar-refractivity contribution in [1.29, 1.82) is 0 Å². The van der Waals surface area contributed by atoms with E-state index in [1.165, 1.54) is 12.1 Å². The lowest BCUT2D eigenvalue weighted by atomic mass is 10.3. The third kappa shape index (κ3) is 2.93. The molecular formula is C10H15FN2O2S. The van der Waals surface area contributed by atoms with E-state index in [1.807, 2.05) is 0 Å². The Morgan fingerprint density at radius 1 is 1.44 bits per heavy atom. The van der Waals surface area contributed by atoms with Crippen LogP contribution in [0.15, 0.2) is 23.1 Å².